The predicted molar refractivity (Wildman–Crippen MR) is 170 cm³/mol. The highest BCUT2D eigenvalue weighted by atomic mass is 35.5. The fourth-order valence-corrected chi connectivity index (χ4v) is 7.66. The Morgan fingerprint density at radius 2 is 1.93 bits per heavy atom. The molecule has 1 unspecified atom stereocenters. The third-order valence-corrected chi connectivity index (χ3v) is 10.1. The van der Waals surface area contributed by atoms with Gasteiger partial charge in [0.05, 0.1) is 34.6 Å². The highest BCUT2D eigenvalue weighted by Crippen LogP contribution is 2.40. The molecule has 3 aromatic heterocycles. The van der Waals surface area contributed by atoms with Gasteiger partial charge in [-0.2, -0.15) is 13.2 Å². The number of aromatic carboxylic acids is 1. The molecule has 1 aliphatic carbocycles. The van der Waals surface area contributed by atoms with Crippen LogP contribution in [0.2, 0.25) is 5.02 Å². The van der Waals surface area contributed by atoms with Gasteiger partial charge in [-0.1, -0.05) is 11.6 Å². The van der Waals surface area contributed by atoms with Gasteiger partial charge in [-0.15, -0.1) is 11.3 Å². The quantitative estimate of drug-likeness (QED) is 0.245. The summed E-state index contributed by atoms with van der Waals surface area (Å²) in [6, 6.07) is 7.17. The Bertz CT molecular complexity index is 1870. The second-order valence-corrected chi connectivity index (χ2v) is 13.3. The van der Waals surface area contributed by atoms with Crippen molar-refractivity contribution in [3.05, 3.63) is 73.4 Å². The number of rotatable bonds is 9. The van der Waals surface area contributed by atoms with Crippen LogP contribution in [0.5, 0.6) is 5.75 Å². The first-order chi connectivity index (χ1) is 21.8. The van der Waals surface area contributed by atoms with E-state index in [-0.39, 0.29) is 36.4 Å². The van der Waals surface area contributed by atoms with Crippen LogP contribution in [-0.4, -0.2) is 87.0 Å². The number of likely N-dealkylation sites (tertiary alicyclic amines) is 1. The maximum absolute atomic E-state index is 13.7. The number of nitrogens with zero attached hydrogens (tertiary/aromatic N) is 5. The minimum absolute atomic E-state index is 0.0202. The number of ether oxygens (including phenoxy) is 1. The molecule has 1 saturated heterocycles. The van der Waals surface area contributed by atoms with Gasteiger partial charge in [0, 0.05) is 58.0 Å². The maximum Gasteiger partial charge on any atom is 0.401 e. The molecule has 14 heteroatoms. The first-order valence-electron chi connectivity index (χ1n) is 14.9. The lowest BCUT2D eigenvalue weighted by atomic mass is 9.90. The molecule has 4 aromatic rings. The van der Waals surface area contributed by atoms with Crippen LogP contribution in [-0.2, 0) is 19.4 Å². The molecule has 6 rings (SSSR count). The lowest BCUT2D eigenvalue weighted by molar-refractivity contribution is -0.161. The molecular formula is C32H33ClF3N5O4S. The average molecular weight is 676 g/mol. The van der Waals surface area contributed by atoms with Crippen molar-refractivity contribution < 1.29 is 27.8 Å². The van der Waals surface area contributed by atoms with E-state index in [1.165, 1.54) is 16.2 Å². The smallest absolute Gasteiger partial charge is 0.401 e. The van der Waals surface area contributed by atoms with Gasteiger partial charge in [-0.05, 0) is 64.4 Å². The molecule has 46 heavy (non-hydrogen) atoms. The van der Waals surface area contributed by atoms with Crippen LogP contribution in [0.15, 0.2) is 34.4 Å². The van der Waals surface area contributed by atoms with E-state index in [2.05, 4.69) is 9.88 Å². The summed E-state index contributed by atoms with van der Waals surface area (Å²) in [6.07, 6.45) is -2.29. The van der Waals surface area contributed by atoms with Gasteiger partial charge < -0.3 is 9.84 Å². The number of carbonyl (C=O) groups is 1. The zero-order chi connectivity index (χ0) is 32.9. The molecule has 1 atom stereocenters. The summed E-state index contributed by atoms with van der Waals surface area (Å²) < 4.78 is 46.8. The summed E-state index contributed by atoms with van der Waals surface area (Å²) in [5, 5.41) is 11.7. The highest BCUT2D eigenvalue weighted by Gasteiger charge is 2.40. The van der Waals surface area contributed by atoms with Gasteiger partial charge in [-0.3, -0.25) is 24.1 Å². The fraction of sp³-hybridized carbons (Fsp3) is 0.438. The third kappa shape index (κ3) is 6.51. The average Bonchev–Trinajstić information content (AvgIpc) is 3.40. The molecule has 2 aliphatic rings. The standard InChI is InChI=1S/C32H33ClF3N5O4S/c1-17-10-23(29-28(37-17)25(15-46-29)31(43)44)22-11-19(33)4-7-27(22)45-9-8-41-18(2)38-26-6-5-20(12-24(26)30(41)42)39(3)21-13-40(14-21)16-32(34,35)36/h4,7,10-11,15,20-21H,5-6,8-9,12-14,16H2,1-3H3,(H,43,44). The van der Waals surface area contributed by atoms with Gasteiger partial charge in [0.1, 0.15) is 18.2 Å². The zero-order valence-electron chi connectivity index (χ0n) is 25.5. The number of hydrogen-bond acceptors (Lipinski definition) is 8. The zero-order valence-corrected chi connectivity index (χ0v) is 27.1. The largest absolute Gasteiger partial charge is 0.491 e. The summed E-state index contributed by atoms with van der Waals surface area (Å²) in [4.78, 5) is 38.2. The normalized spacial score (nSPS) is 17.3. The molecule has 9 nitrogen and oxygen atoms in total. The molecular weight excluding hydrogens is 643 g/mol. The van der Waals surface area contributed by atoms with Crippen LogP contribution in [0.25, 0.3) is 21.3 Å². The molecule has 1 aliphatic heterocycles. The lowest BCUT2D eigenvalue weighted by Crippen LogP contribution is -2.62. The number of hydrogen-bond donors (Lipinski definition) is 1. The van der Waals surface area contributed by atoms with E-state index in [0.717, 1.165) is 17.7 Å². The van der Waals surface area contributed by atoms with Crippen molar-refractivity contribution in [2.75, 3.05) is 33.3 Å². The molecule has 0 spiro atoms. The number of carboxylic acid groups (broad SMARTS) is 1. The van der Waals surface area contributed by atoms with E-state index in [9.17, 15) is 27.9 Å². The maximum atomic E-state index is 13.7. The number of likely N-dealkylation sites (N-methyl/N-ethyl adjacent to an activating group) is 1. The monoisotopic (exact) mass is 675 g/mol. The third-order valence-electron chi connectivity index (χ3n) is 8.87. The van der Waals surface area contributed by atoms with Gasteiger partial charge in [0.15, 0.2) is 0 Å². The number of benzene rings is 1. The highest BCUT2D eigenvalue weighted by molar-refractivity contribution is 7.18. The molecule has 0 amide bonds. The van der Waals surface area contributed by atoms with E-state index in [0.29, 0.717) is 69.6 Å². The Morgan fingerprint density at radius 3 is 2.65 bits per heavy atom. The minimum Gasteiger partial charge on any atom is -0.491 e. The molecule has 0 radical (unpaired) electrons. The summed E-state index contributed by atoms with van der Waals surface area (Å²) in [5.41, 5.74) is 3.93. The topological polar surface area (TPSA) is 101 Å². The molecule has 1 aromatic carbocycles. The van der Waals surface area contributed by atoms with Crippen LogP contribution in [0.3, 0.4) is 0 Å². The number of aromatic nitrogens is 3. The van der Waals surface area contributed by atoms with Crippen LogP contribution in [0.4, 0.5) is 13.2 Å². The molecule has 0 saturated carbocycles. The van der Waals surface area contributed by atoms with Crippen LogP contribution in [0.1, 0.15) is 39.6 Å². The van der Waals surface area contributed by atoms with Crippen LogP contribution < -0.4 is 10.3 Å². The van der Waals surface area contributed by atoms with E-state index >= 15 is 0 Å². The molecule has 1 N–H and O–H groups in total. The van der Waals surface area contributed by atoms with Gasteiger partial charge in [0.2, 0.25) is 0 Å². The van der Waals surface area contributed by atoms with Gasteiger partial charge >= 0.3 is 12.1 Å². The van der Waals surface area contributed by atoms with E-state index in [4.69, 9.17) is 21.3 Å². The second kappa shape index (κ2) is 12.6. The number of thiophene rings is 1. The van der Waals surface area contributed by atoms with E-state index in [1.54, 1.807) is 42.0 Å². The van der Waals surface area contributed by atoms with Gasteiger partial charge in [-0.25, -0.2) is 9.78 Å². The van der Waals surface area contributed by atoms with Crippen molar-refractivity contribution in [2.45, 2.75) is 57.9 Å². The molecule has 0 bridgehead atoms. The number of fused-ring (bicyclic) bond motifs is 2. The molecule has 244 valence electrons. The summed E-state index contributed by atoms with van der Waals surface area (Å²) in [7, 11) is 1.93. The Hall–Kier alpha value is -3.52. The summed E-state index contributed by atoms with van der Waals surface area (Å²) in [5.74, 6) is 0.0643. The Morgan fingerprint density at radius 1 is 1.17 bits per heavy atom. The van der Waals surface area contributed by atoms with Crippen LogP contribution in [0, 0.1) is 13.8 Å². The number of halogens is 4. The minimum atomic E-state index is -4.21. The predicted octanol–water partition coefficient (Wildman–Crippen LogP) is 5.60. The Balaban J connectivity index is 1.18. The van der Waals surface area contributed by atoms with E-state index in [1.807, 2.05) is 13.1 Å². The Kier molecular flexibility index (Phi) is 8.87. The van der Waals surface area contributed by atoms with E-state index < -0.39 is 18.7 Å². The fourth-order valence-electron chi connectivity index (χ4n) is 6.48. The summed E-state index contributed by atoms with van der Waals surface area (Å²) >= 11 is 7.67. The summed E-state index contributed by atoms with van der Waals surface area (Å²) in [6.45, 7) is 3.82. The number of carboxylic acids is 1. The van der Waals surface area contributed by atoms with Crippen molar-refractivity contribution in [3.8, 4) is 16.9 Å². The molecule has 1 fully saturated rings. The number of aryl methyl sites for hydroxylation is 3. The molecule has 4 heterocycles. The van der Waals surface area contributed by atoms with Crippen molar-refractivity contribution in [1.82, 2.24) is 24.3 Å². The van der Waals surface area contributed by atoms with Crippen molar-refractivity contribution in [1.29, 1.82) is 0 Å². The van der Waals surface area contributed by atoms with Crippen LogP contribution >= 0.6 is 22.9 Å². The van der Waals surface area contributed by atoms with Crippen molar-refractivity contribution >= 4 is 39.1 Å². The SMILES string of the molecule is Cc1cc(-c2cc(Cl)ccc2OCCn2c(C)nc3c(c2=O)CC(N(C)C2CN(CC(F)(F)F)C2)CC3)c2scc(C(=O)O)c2n1. The second-order valence-electron chi connectivity index (χ2n) is 12.0. The number of pyridine rings is 1. The van der Waals surface area contributed by atoms with Crippen molar-refractivity contribution in [3.63, 3.8) is 0 Å². The van der Waals surface area contributed by atoms with Gasteiger partial charge in [0.25, 0.3) is 5.56 Å². The Labute approximate surface area is 272 Å². The first-order valence-corrected chi connectivity index (χ1v) is 16.2. The number of alkyl halides is 3. The first kappa shape index (κ1) is 32.4. The lowest BCUT2D eigenvalue weighted by Gasteiger charge is -2.47. The van der Waals surface area contributed by atoms with Crippen molar-refractivity contribution in [2.24, 2.45) is 0 Å².